The predicted molar refractivity (Wildman–Crippen MR) is 75.8 cm³/mol. The number of rotatable bonds is 3. The number of morpholine rings is 1. The third-order valence-corrected chi connectivity index (χ3v) is 3.55. The zero-order valence-electron chi connectivity index (χ0n) is 11.6. The summed E-state index contributed by atoms with van der Waals surface area (Å²) in [7, 11) is 0. The van der Waals surface area contributed by atoms with Crippen LogP contribution in [-0.2, 0) is 9.53 Å². The Morgan fingerprint density at radius 1 is 1.55 bits per heavy atom. The number of nitrogens with two attached hydrogens (primary N) is 1. The summed E-state index contributed by atoms with van der Waals surface area (Å²) in [4.78, 5) is 14.0. The van der Waals surface area contributed by atoms with Crippen LogP contribution in [0.5, 0.6) is 0 Å². The lowest BCUT2D eigenvalue weighted by Gasteiger charge is -2.30. The van der Waals surface area contributed by atoms with Gasteiger partial charge in [0.25, 0.3) is 0 Å². The van der Waals surface area contributed by atoms with Gasteiger partial charge in [0, 0.05) is 18.7 Å². The van der Waals surface area contributed by atoms with Gasteiger partial charge in [-0.1, -0.05) is 19.1 Å². The van der Waals surface area contributed by atoms with Gasteiger partial charge >= 0.3 is 0 Å². The molecule has 1 amide bonds. The molecule has 5 heteroatoms. The Hall–Kier alpha value is -2.06. The Morgan fingerprint density at radius 2 is 2.25 bits per heavy atom. The van der Waals surface area contributed by atoms with E-state index >= 15 is 0 Å². The standard InChI is InChI=1S/C15H19N3O2/c1-11(12-2-4-13(17)5-3-12)8-15(19)18-6-7-20-14(9-16)10-18/h2-5,11,14H,6-8,10,17H2,1H3. The highest BCUT2D eigenvalue weighted by Crippen LogP contribution is 2.21. The average Bonchev–Trinajstić information content (AvgIpc) is 2.47. The van der Waals surface area contributed by atoms with Gasteiger partial charge in [0.1, 0.15) is 0 Å². The number of nitrogens with zero attached hydrogens (tertiary/aromatic N) is 2. The molecule has 0 saturated carbocycles. The van der Waals surface area contributed by atoms with Crippen LogP contribution in [-0.4, -0.2) is 36.6 Å². The number of ether oxygens (including phenoxy) is 1. The van der Waals surface area contributed by atoms with Gasteiger partial charge in [-0.15, -0.1) is 0 Å². The van der Waals surface area contributed by atoms with E-state index in [1.807, 2.05) is 37.3 Å². The summed E-state index contributed by atoms with van der Waals surface area (Å²) in [5.74, 6) is 0.198. The van der Waals surface area contributed by atoms with Crippen LogP contribution < -0.4 is 5.73 Å². The van der Waals surface area contributed by atoms with Crippen molar-refractivity contribution in [2.75, 3.05) is 25.4 Å². The predicted octanol–water partition coefficient (Wildman–Crippen LogP) is 1.51. The lowest BCUT2D eigenvalue weighted by atomic mass is 9.97. The van der Waals surface area contributed by atoms with Gasteiger partial charge in [0.2, 0.25) is 5.91 Å². The molecule has 1 aliphatic heterocycles. The second-order valence-electron chi connectivity index (χ2n) is 5.10. The van der Waals surface area contributed by atoms with Crippen molar-refractivity contribution in [3.63, 3.8) is 0 Å². The van der Waals surface area contributed by atoms with Gasteiger partial charge in [-0.25, -0.2) is 0 Å². The molecule has 2 N–H and O–H groups in total. The molecule has 1 aromatic rings. The molecule has 5 nitrogen and oxygen atoms in total. The van der Waals surface area contributed by atoms with Gasteiger partial charge in [-0.2, -0.15) is 5.26 Å². The summed E-state index contributed by atoms with van der Waals surface area (Å²) in [6.07, 6.45) is -0.0678. The van der Waals surface area contributed by atoms with Crippen LogP contribution >= 0.6 is 0 Å². The number of hydrogen-bond donors (Lipinski definition) is 1. The van der Waals surface area contributed by atoms with E-state index in [9.17, 15) is 4.79 Å². The van der Waals surface area contributed by atoms with E-state index in [0.29, 0.717) is 26.1 Å². The summed E-state index contributed by atoms with van der Waals surface area (Å²) in [6.45, 7) is 3.38. The van der Waals surface area contributed by atoms with Crippen molar-refractivity contribution in [2.24, 2.45) is 0 Å². The summed E-state index contributed by atoms with van der Waals surface area (Å²) < 4.78 is 5.24. The number of nitrogen functional groups attached to an aromatic ring is 1. The summed E-state index contributed by atoms with van der Waals surface area (Å²) in [6, 6.07) is 9.64. The Balaban J connectivity index is 1.93. The Labute approximate surface area is 118 Å². The quantitative estimate of drug-likeness (QED) is 0.847. The summed E-state index contributed by atoms with van der Waals surface area (Å²) in [5.41, 5.74) is 7.47. The lowest BCUT2D eigenvalue weighted by molar-refractivity contribution is -0.137. The minimum absolute atomic E-state index is 0.0675. The maximum atomic E-state index is 12.2. The molecule has 1 aliphatic rings. The van der Waals surface area contributed by atoms with E-state index < -0.39 is 6.10 Å². The molecule has 1 saturated heterocycles. The average molecular weight is 273 g/mol. The van der Waals surface area contributed by atoms with Crippen LogP contribution in [0.3, 0.4) is 0 Å². The third-order valence-electron chi connectivity index (χ3n) is 3.55. The molecule has 2 unspecified atom stereocenters. The second kappa shape index (κ2) is 6.40. The van der Waals surface area contributed by atoms with Crippen molar-refractivity contribution in [1.82, 2.24) is 4.90 Å². The maximum absolute atomic E-state index is 12.2. The number of hydrogen-bond acceptors (Lipinski definition) is 4. The van der Waals surface area contributed by atoms with E-state index in [2.05, 4.69) is 0 Å². The maximum Gasteiger partial charge on any atom is 0.223 e. The van der Waals surface area contributed by atoms with Crippen LogP contribution in [0.25, 0.3) is 0 Å². The fourth-order valence-corrected chi connectivity index (χ4v) is 2.29. The number of anilines is 1. The van der Waals surface area contributed by atoms with Gasteiger partial charge in [-0.05, 0) is 23.6 Å². The minimum Gasteiger partial charge on any atom is -0.399 e. The third kappa shape index (κ3) is 3.49. The molecule has 0 radical (unpaired) electrons. The first-order chi connectivity index (χ1) is 9.60. The fourth-order valence-electron chi connectivity index (χ4n) is 2.29. The lowest BCUT2D eigenvalue weighted by Crippen LogP contribution is -2.45. The second-order valence-corrected chi connectivity index (χ2v) is 5.10. The van der Waals surface area contributed by atoms with Crippen molar-refractivity contribution in [1.29, 1.82) is 5.26 Å². The van der Waals surface area contributed by atoms with Crippen molar-refractivity contribution >= 4 is 11.6 Å². The van der Waals surface area contributed by atoms with E-state index in [4.69, 9.17) is 15.7 Å². The van der Waals surface area contributed by atoms with Crippen LogP contribution in [0, 0.1) is 11.3 Å². The first-order valence-corrected chi connectivity index (χ1v) is 6.74. The minimum atomic E-state index is -0.500. The first-order valence-electron chi connectivity index (χ1n) is 6.74. The number of amides is 1. The number of carbonyl (C=O) groups excluding carboxylic acids is 1. The summed E-state index contributed by atoms with van der Waals surface area (Å²) >= 11 is 0. The zero-order chi connectivity index (χ0) is 14.5. The largest absolute Gasteiger partial charge is 0.399 e. The SMILES string of the molecule is CC(CC(=O)N1CCOC(C#N)C1)c1ccc(N)cc1. The van der Waals surface area contributed by atoms with E-state index in [1.54, 1.807) is 4.90 Å². The molecule has 0 aromatic heterocycles. The molecule has 1 aromatic carbocycles. The molecule has 1 fully saturated rings. The van der Waals surface area contributed by atoms with Crippen LogP contribution in [0.4, 0.5) is 5.69 Å². The van der Waals surface area contributed by atoms with Gasteiger partial charge in [0.15, 0.2) is 6.10 Å². The van der Waals surface area contributed by atoms with E-state index in [1.165, 1.54) is 0 Å². The fraction of sp³-hybridized carbons (Fsp3) is 0.467. The van der Waals surface area contributed by atoms with E-state index in [-0.39, 0.29) is 11.8 Å². The number of nitriles is 1. The molecule has 1 heterocycles. The molecule has 0 aliphatic carbocycles. The molecular formula is C15H19N3O2. The number of benzene rings is 1. The molecule has 2 rings (SSSR count). The highest BCUT2D eigenvalue weighted by molar-refractivity contribution is 5.77. The Kier molecular flexibility index (Phi) is 4.59. The van der Waals surface area contributed by atoms with Crippen molar-refractivity contribution in [2.45, 2.75) is 25.4 Å². The van der Waals surface area contributed by atoms with Crippen molar-refractivity contribution in [3.05, 3.63) is 29.8 Å². The Morgan fingerprint density at radius 3 is 2.90 bits per heavy atom. The molecule has 0 bridgehead atoms. The molecular weight excluding hydrogens is 254 g/mol. The van der Waals surface area contributed by atoms with Crippen LogP contribution in [0.1, 0.15) is 24.8 Å². The number of carbonyl (C=O) groups is 1. The summed E-state index contributed by atoms with van der Waals surface area (Å²) in [5, 5.41) is 8.85. The highest BCUT2D eigenvalue weighted by Gasteiger charge is 2.25. The smallest absolute Gasteiger partial charge is 0.223 e. The first kappa shape index (κ1) is 14.4. The topological polar surface area (TPSA) is 79.3 Å². The molecule has 2 atom stereocenters. The highest BCUT2D eigenvalue weighted by atomic mass is 16.5. The van der Waals surface area contributed by atoms with Gasteiger partial charge < -0.3 is 15.4 Å². The molecule has 20 heavy (non-hydrogen) atoms. The normalized spacial score (nSPS) is 20.2. The monoisotopic (exact) mass is 273 g/mol. The van der Waals surface area contributed by atoms with Crippen molar-refractivity contribution < 1.29 is 9.53 Å². The van der Waals surface area contributed by atoms with Crippen molar-refractivity contribution in [3.8, 4) is 6.07 Å². The van der Waals surface area contributed by atoms with Gasteiger partial charge in [-0.3, -0.25) is 4.79 Å². The van der Waals surface area contributed by atoms with Crippen LogP contribution in [0.15, 0.2) is 24.3 Å². The van der Waals surface area contributed by atoms with E-state index in [0.717, 1.165) is 11.3 Å². The molecule has 106 valence electrons. The van der Waals surface area contributed by atoms with Gasteiger partial charge in [0.05, 0.1) is 19.2 Å². The molecule has 0 spiro atoms. The van der Waals surface area contributed by atoms with Crippen LogP contribution in [0.2, 0.25) is 0 Å². The zero-order valence-corrected chi connectivity index (χ0v) is 11.6. The Bertz CT molecular complexity index is 507.